The quantitative estimate of drug-likeness (QED) is 0.501. The number of aliphatic carboxylic acids is 1. The zero-order chi connectivity index (χ0) is 21.7. The average Bonchev–Trinajstić information content (AvgIpc) is 3.02. The molecule has 1 aliphatic heterocycles. The first-order chi connectivity index (χ1) is 14.4. The predicted octanol–water partition coefficient (Wildman–Crippen LogP) is 4.08. The van der Waals surface area contributed by atoms with Crippen LogP contribution in [0.1, 0.15) is 19.4 Å². The number of ether oxygens (including phenoxy) is 3. The molecule has 0 unspecified atom stereocenters. The van der Waals surface area contributed by atoms with E-state index in [-0.39, 0.29) is 11.6 Å². The number of carboxylic acid groups (broad SMARTS) is 1. The van der Waals surface area contributed by atoms with Crippen LogP contribution in [0.15, 0.2) is 65.7 Å². The Kier molecular flexibility index (Phi) is 6.41. The van der Waals surface area contributed by atoms with Gasteiger partial charge in [-0.15, -0.1) is 0 Å². The summed E-state index contributed by atoms with van der Waals surface area (Å²) in [6.45, 7) is 4.56. The van der Waals surface area contributed by atoms with Crippen LogP contribution in [0.5, 0.6) is 11.5 Å². The summed E-state index contributed by atoms with van der Waals surface area (Å²) >= 11 is 0. The Bertz CT molecular complexity index is 1010. The molecule has 2 N–H and O–H groups in total. The minimum Gasteiger partial charge on any atom is -0.493 e. The van der Waals surface area contributed by atoms with Crippen LogP contribution in [0.25, 0.3) is 6.08 Å². The number of rotatable bonds is 8. The molecule has 0 saturated carbocycles. The maximum Gasteiger partial charge on any atom is 0.345 e. The van der Waals surface area contributed by atoms with Gasteiger partial charge in [0.2, 0.25) is 11.7 Å². The second-order valence-electron chi connectivity index (χ2n) is 7.06. The minimum absolute atomic E-state index is 0.0918. The number of carbonyl (C=O) groups is 2. The van der Waals surface area contributed by atoms with Gasteiger partial charge in [-0.1, -0.05) is 38.1 Å². The molecule has 156 valence electrons. The summed E-state index contributed by atoms with van der Waals surface area (Å²) in [5.41, 5.74) is 0.771. The van der Waals surface area contributed by atoms with E-state index in [2.05, 4.69) is 5.32 Å². The predicted molar refractivity (Wildman–Crippen MR) is 112 cm³/mol. The molecule has 0 saturated heterocycles. The van der Waals surface area contributed by atoms with Gasteiger partial charge in [-0.05, 0) is 41.8 Å². The second-order valence-corrected chi connectivity index (χ2v) is 7.06. The molecular formula is C23H23NO6. The molecule has 2 aromatic carbocycles. The van der Waals surface area contributed by atoms with Crippen LogP contribution in [0.4, 0.5) is 5.69 Å². The minimum atomic E-state index is -1.36. The number of anilines is 1. The molecule has 0 fully saturated rings. The first-order valence-corrected chi connectivity index (χ1v) is 9.43. The number of allylic oxidation sites excluding steroid dienone is 1. The molecule has 0 atom stereocenters. The van der Waals surface area contributed by atoms with Crippen LogP contribution in [0.2, 0.25) is 0 Å². The van der Waals surface area contributed by atoms with Crippen molar-refractivity contribution in [3.63, 3.8) is 0 Å². The van der Waals surface area contributed by atoms with Crippen molar-refractivity contribution in [1.82, 2.24) is 0 Å². The normalized spacial score (nSPS) is 14.8. The van der Waals surface area contributed by atoms with Gasteiger partial charge in [0.05, 0.1) is 13.7 Å². The number of carbonyl (C=O) groups excluding carboxylic acids is 1. The van der Waals surface area contributed by atoms with Crippen molar-refractivity contribution < 1.29 is 28.9 Å². The van der Waals surface area contributed by atoms with Gasteiger partial charge in [-0.2, -0.15) is 0 Å². The van der Waals surface area contributed by atoms with Crippen LogP contribution in [-0.4, -0.2) is 30.6 Å². The lowest BCUT2D eigenvalue weighted by Crippen LogP contribution is -2.12. The number of ketones is 1. The first-order valence-electron chi connectivity index (χ1n) is 9.43. The van der Waals surface area contributed by atoms with Crippen molar-refractivity contribution in [1.29, 1.82) is 0 Å². The molecular weight excluding hydrogens is 386 g/mol. The maximum absolute atomic E-state index is 12.6. The number of methoxy groups -OCH3 is 1. The fraction of sp³-hybridized carbons (Fsp3) is 0.217. The largest absolute Gasteiger partial charge is 0.493 e. The topological polar surface area (TPSA) is 94.1 Å². The van der Waals surface area contributed by atoms with Gasteiger partial charge in [-0.3, -0.25) is 4.79 Å². The smallest absolute Gasteiger partial charge is 0.345 e. The lowest BCUT2D eigenvalue weighted by atomic mass is 10.1. The molecule has 1 heterocycles. The third kappa shape index (κ3) is 4.81. The van der Waals surface area contributed by atoms with E-state index >= 15 is 0 Å². The van der Waals surface area contributed by atoms with Gasteiger partial charge >= 0.3 is 5.97 Å². The van der Waals surface area contributed by atoms with Gasteiger partial charge in [0, 0.05) is 5.69 Å². The third-order valence-electron chi connectivity index (χ3n) is 4.19. The maximum atomic E-state index is 12.6. The van der Waals surface area contributed by atoms with Gasteiger partial charge in [0.1, 0.15) is 0 Å². The number of hydrogen-bond donors (Lipinski definition) is 2. The summed E-state index contributed by atoms with van der Waals surface area (Å²) in [5, 5.41) is 12.3. The molecule has 0 aromatic heterocycles. The fourth-order valence-corrected chi connectivity index (χ4v) is 2.77. The molecule has 0 radical (unpaired) electrons. The van der Waals surface area contributed by atoms with E-state index in [9.17, 15) is 14.7 Å². The number of nitrogens with one attached hydrogen (secondary N) is 1. The highest BCUT2D eigenvalue weighted by Crippen LogP contribution is 2.32. The zero-order valence-corrected chi connectivity index (χ0v) is 17.0. The van der Waals surface area contributed by atoms with Gasteiger partial charge in [-0.25, -0.2) is 4.79 Å². The number of benzene rings is 2. The Morgan fingerprint density at radius 3 is 2.53 bits per heavy atom. The van der Waals surface area contributed by atoms with E-state index in [0.29, 0.717) is 35.3 Å². The molecule has 7 heteroatoms. The van der Waals surface area contributed by atoms with E-state index in [1.54, 1.807) is 49.6 Å². The zero-order valence-electron chi connectivity index (χ0n) is 17.0. The Morgan fingerprint density at radius 1 is 1.17 bits per heavy atom. The summed E-state index contributed by atoms with van der Waals surface area (Å²) in [7, 11) is 1.55. The van der Waals surface area contributed by atoms with E-state index in [0.717, 1.165) is 0 Å². The van der Waals surface area contributed by atoms with E-state index < -0.39 is 17.3 Å². The van der Waals surface area contributed by atoms with Crippen LogP contribution in [0.3, 0.4) is 0 Å². The fourth-order valence-electron chi connectivity index (χ4n) is 2.77. The third-order valence-corrected chi connectivity index (χ3v) is 4.19. The Hall–Kier alpha value is -3.74. The van der Waals surface area contributed by atoms with E-state index in [1.165, 1.54) is 6.08 Å². The molecule has 1 aliphatic rings. The Morgan fingerprint density at radius 2 is 1.90 bits per heavy atom. The van der Waals surface area contributed by atoms with E-state index in [4.69, 9.17) is 14.2 Å². The highest BCUT2D eigenvalue weighted by molar-refractivity contribution is 6.26. The molecule has 0 bridgehead atoms. The van der Waals surface area contributed by atoms with Crippen molar-refractivity contribution >= 4 is 23.5 Å². The molecule has 0 aliphatic carbocycles. The van der Waals surface area contributed by atoms with Crippen molar-refractivity contribution in [3.05, 3.63) is 71.3 Å². The molecule has 7 nitrogen and oxygen atoms in total. The summed E-state index contributed by atoms with van der Waals surface area (Å²) in [4.78, 5) is 24.3. The lowest BCUT2D eigenvalue weighted by molar-refractivity contribution is -0.134. The standard InChI is InChI=1S/C23H23NO6/c1-14(2)13-29-18-11-15(9-10-17(18)28-3)12-19-21(25)20(23(26)27)22(30-19)24-16-7-5-4-6-8-16/h4-12,14,24H,13H2,1-3H3,(H,26,27)/b19-12-. The SMILES string of the molecule is COc1ccc(/C=C2\OC(Nc3ccccc3)=C(C(=O)O)C2=O)cc1OCC(C)C. The average molecular weight is 409 g/mol. The first kappa shape index (κ1) is 21.0. The summed E-state index contributed by atoms with van der Waals surface area (Å²) in [5.74, 6) is -0.864. The lowest BCUT2D eigenvalue weighted by Gasteiger charge is -2.13. The van der Waals surface area contributed by atoms with Gasteiger partial charge in [0.15, 0.2) is 22.8 Å². The summed E-state index contributed by atoms with van der Waals surface area (Å²) in [6, 6.07) is 14.0. The van der Waals surface area contributed by atoms with Gasteiger partial charge < -0.3 is 24.6 Å². The molecule has 3 rings (SSSR count). The highest BCUT2D eigenvalue weighted by atomic mass is 16.5. The number of para-hydroxylation sites is 1. The monoisotopic (exact) mass is 409 g/mol. The highest BCUT2D eigenvalue weighted by Gasteiger charge is 2.36. The Balaban J connectivity index is 1.88. The molecule has 30 heavy (non-hydrogen) atoms. The van der Waals surface area contributed by atoms with Crippen LogP contribution in [0, 0.1) is 5.92 Å². The summed E-state index contributed by atoms with van der Waals surface area (Å²) < 4.78 is 16.7. The number of hydrogen-bond acceptors (Lipinski definition) is 6. The summed E-state index contributed by atoms with van der Waals surface area (Å²) in [6.07, 6.45) is 1.48. The Labute approximate surface area is 174 Å². The van der Waals surface area contributed by atoms with Crippen LogP contribution in [-0.2, 0) is 14.3 Å². The van der Waals surface area contributed by atoms with Crippen LogP contribution < -0.4 is 14.8 Å². The second kappa shape index (κ2) is 9.17. The van der Waals surface area contributed by atoms with Gasteiger partial charge in [0.25, 0.3) is 0 Å². The van der Waals surface area contributed by atoms with Crippen LogP contribution >= 0.6 is 0 Å². The molecule has 2 aromatic rings. The van der Waals surface area contributed by atoms with Crippen molar-refractivity contribution in [3.8, 4) is 11.5 Å². The van der Waals surface area contributed by atoms with Crippen molar-refractivity contribution in [2.75, 3.05) is 19.0 Å². The van der Waals surface area contributed by atoms with Crippen molar-refractivity contribution in [2.24, 2.45) is 5.92 Å². The van der Waals surface area contributed by atoms with Crippen molar-refractivity contribution in [2.45, 2.75) is 13.8 Å². The van der Waals surface area contributed by atoms with E-state index in [1.807, 2.05) is 19.9 Å². The molecule has 0 spiro atoms. The number of carboxylic acids is 1. The molecule has 0 amide bonds. The number of Topliss-reactive ketones (excluding diaryl/α,β-unsaturated/α-hetero) is 1.